The summed E-state index contributed by atoms with van der Waals surface area (Å²) in [5.41, 5.74) is 1.38. The van der Waals surface area contributed by atoms with Crippen molar-refractivity contribution in [2.75, 3.05) is 23.4 Å². The molecule has 6 nitrogen and oxygen atoms in total. The number of aldehydes is 1. The topological polar surface area (TPSA) is 75.7 Å². The van der Waals surface area contributed by atoms with Crippen LogP contribution in [0.5, 0.6) is 5.75 Å². The van der Waals surface area contributed by atoms with Crippen molar-refractivity contribution in [2.45, 2.75) is 0 Å². The zero-order valence-corrected chi connectivity index (χ0v) is 13.2. The smallest absolute Gasteiger partial charge is 0.265 e. The summed E-state index contributed by atoms with van der Waals surface area (Å²) in [6.45, 7) is -0.332. The maximum Gasteiger partial charge on any atom is 0.265 e. The van der Waals surface area contributed by atoms with Gasteiger partial charge in [0.05, 0.1) is 5.69 Å². The predicted molar refractivity (Wildman–Crippen MR) is 89.8 cm³/mol. The van der Waals surface area contributed by atoms with Crippen LogP contribution in [0.4, 0.5) is 11.4 Å². The highest BCUT2D eigenvalue weighted by atomic mass is 35.5. The molecule has 0 bridgehead atoms. The standard InChI is InChI=1S/C17H13ClN2O4/c18-12-2-4-13(5-3-12)19-16(22)8-20-14-7-11(9-21)1-6-15(14)24-10-17(20)23/h1-7,9H,8,10H2,(H,19,22). The predicted octanol–water partition coefficient (Wildman–Crippen LogP) is 2.52. The number of carbonyl (C=O) groups is 3. The molecule has 0 atom stereocenters. The van der Waals surface area contributed by atoms with Crippen molar-refractivity contribution in [1.82, 2.24) is 0 Å². The Hall–Kier alpha value is -2.86. The minimum Gasteiger partial charge on any atom is -0.482 e. The first-order chi connectivity index (χ1) is 11.6. The number of amides is 2. The van der Waals surface area contributed by atoms with Gasteiger partial charge in [-0.15, -0.1) is 0 Å². The Morgan fingerprint density at radius 1 is 1.25 bits per heavy atom. The maximum atomic E-state index is 12.2. The van der Waals surface area contributed by atoms with Gasteiger partial charge in [-0.05, 0) is 42.5 Å². The number of halogens is 1. The van der Waals surface area contributed by atoms with Crippen molar-refractivity contribution in [3.05, 3.63) is 53.1 Å². The van der Waals surface area contributed by atoms with Crippen LogP contribution in [0.1, 0.15) is 10.4 Å². The van der Waals surface area contributed by atoms with Crippen molar-refractivity contribution in [1.29, 1.82) is 0 Å². The van der Waals surface area contributed by atoms with Crippen molar-refractivity contribution < 1.29 is 19.1 Å². The second kappa shape index (κ2) is 6.72. The minimum atomic E-state index is -0.366. The fourth-order valence-corrected chi connectivity index (χ4v) is 2.47. The number of anilines is 2. The maximum absolute atomic E-state index is 12.2. The number of benzene rings is 2. The van der Waals surface area contributed by atoms with Gasteiger partial charge < -0.3 is 10.1 Å². The Morgan fingerprint density at radius 3 is 2.71 bits per heavy atom. The third-order valence-corrected chi connectivity index (χ3v) is 3.74. The average molecular weight is 345 g/mol. The number of nitrogens with zero attached hydrogens (tertiary/aromatic N) is 1. The Kier molecular flexibility index (Phi) is 4.48. The first-order valence-electron chi connectivity index (χ1n) is 7.14. The molecule has 0 saturated heterocycles. The molecule has 0 radical (unpaired) electrons. The summed E-state index contributed by atoms with van der Waals surface area (Å²) in [6, 6.07) is 11.4. The third-order valence-electron chi connectivity index (χ3n) is 3.49. The fraction of sp³-hybridized carbons (Fsp3) is 0.118. The largest absolute Gasteiger partial charge is 0.482 e. The van der Waals surface area contributed by atoms with Crippen LogP contribution in [0.2, 0.25) is 5.02 Å². The fourth-order valence-electron chi connectivity index (χ4n) is 2.34. The number of fused-ring (bicyclic) bond motifs is 1. The molecule has 0 aromatic heterocycles. The molecule has 1 N–H and O–H groups in total. The van der Waals surface area contributed by atoms with E-state index in [2.05, 4.69) is 5.32 Å². The van der Waals surface area contributed by atoms with E-state index in [9.17, 15) is 14.4 Å². The molecule has 24 heavy (non-hydrogen) atoms. The molecule has 1 aliphatic rings. The van der Waals surface area contributed by atoms with E-state index in [0.717, 1.165) is 0 Å². The van der Waals surface area contributed by atoms with Crippen LogP contribution >= 0.6 is 11.6 Å². The van der Waals surface area contributed by atoms with Crippen LogP contribution in [-0.4, -0.2) is 31.3 Å². The lowest BCUT2D eigenvalue weighted by Crippen LogP contribution is -2.43. The van der Waals surface area contributed by atoms with Crippen molar-refractivity contribution in [2.24, 2.45) is 0 Å². The highest BCUT2D eigenvalue weighted by molar-refractivity contribution is 6.30. The van der Waals surface area contributed by atoms with E-state index in [1.54, 1.807) is 36.4 Å². The van der Waals surface area contributed by atoms with Gasteiger partial charge in [0.25, 0.3) is 5.91 Å². The quantitative estimate of drug-likeness (QED) is 0.865. The van der Waals surface area contributed by atoms with E-state index in [0.29, 0.717) is 34.0 Å². The molecule has 1 aliphatic heterocycles. The van der Waals surface area contributed by atoms with Crippen LogP contribution in [0, 0.1) is 0 Å². The van der Waals surface area contributed by atoms with Crippen molar-refractivity contribution >= 4 is 41.1 Å². The van der Waals surface area contributed by atoms with Crippen LogP contribution in [-0.2, 0) is 9.59 Å². The second-order valence-corrected chi connectivity index (χ2v) is 5.61. The number of hydrogen-bond donors (Lipinski definition) is 1. The molecule has 122 valence electrons. The van der Waals surface area contributed by atoms with Gasteiger partial charge in [-0.3, -0.25) is 19.3 Å². The van der Waals surface area contributed by atoms with E-state index in [4.69, 9.17) is 16.3 Å². The molecule has 3 rings (SSSR count). The summed E-state index contributed by atoms with van der Waals surface area (Å²) in [7, 11) is 0. The number of nitrogens with one attached hydrogen (secondary N) is 1. The van der Waals surface area contributed by atoms with Crippen LogP contribution in [0.15, 0.2) is 42.5 Å². The molecular weight excluding hydrogens is 332 g/mol. The third kappa shape index (κ3) is 3.38. The van der Waals surface area contributed by atoms with Crippen molar-refractivity contribution in [3.63, 3.8) is 0 Å². The van der Waals surface area contributed by atoms with Crippen LogP contribution in [0.3, 0.4) is 0 Å². The lowest BCUT2D eigenvalue weighted by Gasteiger charge is -2.29. The highest BCUT2D eigenvalue weighted by Gasteiger charge is 2.27. The zero-order valence-electron chi connectivity index (χ0n) is 12.5. The van der Waals surface area contributed by atoms with Gasteiger partial charge >= 0.3 is 0 Å². The summed E-state index contributed by atoms with van der Waals surface area (Å²) in [4.78, 5) is 36.6. The molecule has 1 heterocycles. The lowest BCUT2D eigenvalue weighted by molar-refractivity contribution is -0.123. The lowest BCUT2D eigenvalue weighted by atomic mass is 10.1. The van der Waals surface area contributed by atoms with E-state index in [1.807, 2.05) is 0 Å². The summed E-state index contributed by atoms with van der Waals surface area (Å²) >= 11 is 5.80. The van der Waals surface area contributed by atoms with Gasteiger partial charge in [0.1, 0.15) is 18.6 Å². The molecule has 0 unspecified atom stereocenters. The van der Waals surface area contributed by atoms with Gasteiger partial charge in [0.15, 0.2) is 6.61 Å². The van der Waals surface area contributed by atoms with E-state index >= 15 is 0 Å². The molecule has 0 saturated carbocycles. The molecule has 2 aromatic carbocycles. The molecular formula is C17H13ClN2O4. The van der Waals surface area contributed by atoms with Gasteiger partial charge in [-0.2, -0.15) is 0 Å². The molecule has 7 heteroatoms. The summed E-state index contributed by atoms with van der Waals surface area (Å²) in [5, 5.41) is 3.26. The van der Waals surface area contributed by atoms with Crippen LogP contribution < -0.4 is 15.0 Å². The summed E-state index contributed by atoms with van der Waals surface area (Å²) in [6.07, 6.45) is 0.672. The van der Waals surface area contributed by atoms with E-state index in [-0.39, 0.29) is 25.0 Å². The Bertz CT molecular complexity index is 805. The Morgan fingerprint density at radius 2 is 2.00 bits per heavy atom. The number of hydrogen-bond acceptors (Lipinski definition) is 4. The summed E-state index contributed by atoms with van der Waals surface area (Å²) in [5.74, 6) is -0.258. The van der Waals surface area contributed by atoms with Gasteiger partial charge in [0.2, 0.25) is 5.91 Å². The zero-order chi connectivity index (χ0) is 17.1. The Balaban J connectivity index is 1.79. The second-order valence-electron chi connectivity index (χ2n) is 5.17. The molecule has 0 spiro atoms. The van der Waals surface area contributed by atoms with Gasteiger partial charge in [-0.25, -0.2) is 0 Å². The van der Waals surface area contributed by atoms with Gasteiger partial charge in [-0.1, -0.05) is 11.6 Å². The number of carbonyl (C=O) groups excluding carboxylic acids is 3. The summed E-state index contributed by atoms with van der Waals surface area (Å²) < 4.78 is 5.32. The van der Waals surface area contributed by atoms with Crippen molar-refractivity contribution in [3.8, 4) is 5.75 Å². The first kappa shape index (κ1) is 16.0. The molecule has 0 fully saturated rings. The molecule has 2 amide bonds. The highest BCUT2D eigenvalue weighted by Crippen LogP contribution is 2.32. The normalized spacial score (nSPS) is 13.0. The molecule has 0 aliphatic carbocycles. The molecule has 2 aromatic rings. The SMILES string of the molecule is O=Cc1ccc2c(c1)N(CC(=O)Nc1ccc(Cl)cc1)C(=O)CO2. The number of rotatable bonds is 4. The number of ether oxygens (including phenoxy) is 1. The first-order valence-corrected chi connectivity index (χ1v) is 7.52. The monoisotopic (exact) mass is 344 g/mol. The van der Waals surface area contributed by atoms with E-state index < -0.39 is 0 Å². The minimum absolute atomic E-state index is 0.151. The van der Waals surface area contributed by atoms with Crippen LogP contribution in [0.25, 0.3) is 0 Å². The average Bonchev–Trinajstić information content (AvgIpc) is 2.59. The van der Waals surface area contributed by atoms with Gasteiger partial charge in [0, 0.05) is 16.3 Å². The van der Waals surface area contributed by atoms with E-state index in [1.165, 1.54) is 11.0 Å². The Labute approximate surface area is 143 Å².